The normalized spacial score (nSPS) is 11.9. The largest absolute Gasteiger partial charge is 0.388 e. The van der Waals surface area contributed by atoms with Crippen LogP contribution in [-0.4, -0.2) is 5.11 Å². The molecule has 2 rings (SSSR count). The molecule has 2 nitrogen and oxygen atoms in total. The third-order valence-electron chi connectivity index (χ3n) is 2.81. The van der Waals surface area contributed by atoms with E-state index in [1.54, 1.807) is 36.4 Å². The summed E-state index contributed by atoms with van der Waals surface area (Å²) in [4.78, 5) is 0. The van der Waals surface area contributed by atoms with Crippen LogP contribution in [0.1, 0.15) is 22.8 Å². The Hall–Kier alpha value is -1.53. The highest BCUT2D eigenvalue weighted by Crippen LogP contribution is 2.27. The van der Waals surface area contributed by atoms with Gasteiger partial charge < -0.3 is 5.11 Å². The molecule has 0 heterocycles. The van der Waals surface area contributed by atoms with Gasteiger partial charge in [-0.15, -0.1) is 0 Å². The van der Waals surface area contributed by atoms with Crippen LogP contribution in [0, 0.1) is 11.3 Å². The molecule has 0 bridgehead atoms. The maximum absolute atomic E-state index is 10.2. The fourth-order valence-electron chi connectivity index (χ4n) is 1.83. The van der Waals surface area contributed by atoms with Gasteiger partial charge in [-0.3, -0.25) is 0 Å². The van der Waals surface area contributed by atoms with Gasteiger partial charge in [0.25, 0.3) is 0 Å². The van der Waals surface area contributed by atoms with Crippen molar-refractivity contribution < 1.29 is 5.11 Å². The van der Waals surface area contributed by atoms with Gasteiger partial charge in [-0.05, 0) is 35.4 Å². The Morgan fingerprint density at radius 3 is 2.58 bits per heavy atom. The van der Waals surface area contributed by atoms with Gasteiger partial charge >= 0.3 is 0 Å². The van der Waals surface area contributed by atoms with Crippen LogP contribution in [0.3, 0.4) is 0 Å². The van der Waals surface area contributed by atoms with Gasteiger partial charge in [0.05, 0.1) is 27.8 Å². The number of hydrogen-bond acceptors (Lipinski definition) is 2. The molecule has 0 saturated heterocycles. The summed E-state index contributed by atoms with van der Waals surface area (Å²) in [6.07, 6.45) is -0.253. The van der Waals surface area contributed by atoms with Crippen molar-refractivity contribution in [3.8, 4) is 6.07 Å². The molecule has 0 aliphatic carbocycles. The zero-order valence-corrected chi connectivity index (χ0v) is 11.5. The van der Waals surface area contributed by atoms with Crippen LogP contribution in [0.4, 0.5) is 0 Å². The van der Waals surface area contributed by atoms with Crippen molar-refractivity contribution in [3.63, 3.8) is 0 Å². The number of nitriles is 1. The first kappa shape index (κ1) is 13.9. The molecule has 0 saturated carbocycles. The predicted octanol–water partition coefficient (Wildman–Crippen LogP) is 4.14. The molecule has 1 atom stereocenters. The number of nitrogens with zero attached hydrogens (tertiary/aromatic N) is 1. The minimum absolute atomic E-state index is 0.420. The Labute approximate surface area is 121 Å². The SMILES string of the molecule is N#Cc1cccc(CC(O)c2ccc(Cl)c(Cl)c2)c1. The molecule has 19 heavy (non-hydrogen) atoms. The van der Waals surface area contributed by atoms with E-state index < -0.39 is 6.10 Å². The molecule has 1 N–H and O–H groups in total. The van der Waals surface area contributed by atoms with E-state index in [4.69, 9.17) is 28.5 Å². The quantitative estimate of drug-likeness (QED) is 0.924. The van der Waals surface area contributed by atoms with Crippen LogP contribution < -0.4 is 0 Å². The van der Waals surface area contributed by atoms with Crippen LogP contribution in [-0.2, 0) is 6.42 Å². The Balaban J connectivity index is 2.18. The molecule has 0 aliphatic heterocycles. The maximum Gasteiger partial charge on any atom is 0.0991 e. The van der Waals surface area contributed by atoms with E-state index in [2.05, 4.69) is 6.07 Å². The van der Waals surface area contributed by atoms with Crippen molar-refractivity contribution in [3.05, 3.63) is 69.2 Å². The first-order valence-electron chi connectivity index (χ1n) is 5.72. The van der Waals surface area contributed by atoms with Crippen LogP contribution >= 0.6 is 23.2 Å². The summed E-state index contributed by atoms with van der Waals surface area (Å²) >= 11 is 11.8. The third-order valence-corrected chi connectivity index (χ3v) is 3.55. The van der Waals surface area contributed by atoms with Gasteiger partial charge in [0.1, 0.15) is 0 Å². The second-order valence-corrected chi connectivity index (χ2v) is 5.02. The summed E-state index contributed by atoms with van der Waals surface area (Å²) in [6.45, 7) is 0. The molecule has 0 fully saturated rings. The highest BCUT2D eigenvalue weighted by molar-refractivity contribution is 6.42. The summed E-state index contributed by atoms with van der Waals surface area (Å²) in [5, 5.41) is 19.9. The minimum Gasteiger partial charge on any atom is -0.388 e. The number of benzene rings is 2. The van der Waals surface area contributed by atoms with Crippen LogP contribution in [0.2, 0.25) is 10.0 Å². The molecule has 0 spiro atoms. The van der Waals surface area contributed by atoms with Crippen molar-refractivity contribution in [1.82, 2.24) is 0 Å². The molecule has 2 aromatic carbocycles. The fourth-order valence-corrected chi connectivity index (χ4v) is 2.14. The van der Waals surface area contributed by atoms with Crippen molar-refractivity contribution in [2.24, 2.45) is 0 Å². The van der Waals surface area contributed by atoms with Crippen LogP contribution in [0.5, 0.6) is 0 Å². The van der Waals surface area contributed by atoms with E-state index in [0.717, 1.165) is 5.56 Å². The Morgan fingerprint density at radius 1 is 1.11 bits per heavy atom. The van der Waals surface area contributed by atoms with E-state index in [9.17, 15) is 5.11 Å². The molecule has 0 radical (unpaired) electrons. The second kappa shape index (κ2) is 6.08. The highest BCUT2D eigenvalue weighted by atomic mass is 35.5. The van der Waals surface area contributed by atoms with E-state index in [1.807, 2.05) is 6.07 Å². The average molecular weight is 292 g/mol. The van der Waals surface area contributed by atoms with Crippen LogP contribution in [0.25, 0.3) is 0 Å². The molecule has 0 aliphatic rings. The summed E-state index contributed by atoms with van der Waals surface area (Å²) in [7, 11) is 0. The lowest BCUT2D eigenvalue weighted by molar-refractivity contribution is 0.178. The van der Waals surface area contributed by atoms with Gasteiger partial charge in [0.15, 0.2) is 0 Å². The molecular formula is C15H11Cl2NO. The number of aliphatic hydroxyl groups excluding tert-OH is 1. The molecule has 4 heteroatoms. The minimum atomic E-state index is -0.677. The zero-order chi connectivity index (χ0) is 13.8. The lowest BCUT2D eigenvalue weighted by Gasteiger charge is -2.12. The molecule has 96 valence electrons. The average Bonchev–Trinajstić information content (AvgIpc) is 2.42. The standard InChI is InChI=1S/C15H11Cl2NO/c16-13-5-4-12(8-14(13)17)15(19)7-10-2-1-3-11(6-10)9-18/h1-6,8,15,19H,7H2. The summed E-state index contributed by atoms with van der Waals surface area (Å²) in [5.74, 6) is 0. The van der Waals surface area contributed by atoms with Gasteiger partial charge in [-0.2, -0.15) is 5.26 Å². The lowest BCUT2D eigenvalue weighted by atomic mass is 10.0. The smallest absolute Gasteiger partial charge is 0.0991 e. The number of aliphatic hydroxyl groups is 1. The van der Waals surface area contributed by atoms with E-state index in [1.165, 1.54) is 0 Å². The first-order chi connectivity index (χ1) is 9.10. The Morgan fingerprint density at radius 2 is 1.89 bits per heavy atom. The molecular weight excluding hydrogens is 281 g/mol. The van der Waals surface area contributed by atoms with Gasteiger partial charge in [-0.25, -0.2) is 0 Å². The number of rotatable bonds is 3. The van der Waals surface area contributed by atoms with E-state index >= 15 is 0 Å². The molecule has 2 aromatic rings. The predicted molar refractivity (Wildman–Crippen MR) is 76.3 cm³/mol. The number of halogens is 2. The van der Waals surface area contributed by atoms with Crippen LogP contribution in [0.15, 0.2) is 42.5 Å². The highest BCUT2D eigenvalue weighted by Gasteiger charge is 2.10. The van der Waals surface area contributed by atoms with Crippen molar-refractivity contribution in [2.75, 3.05) is 0 Å². The van der Waals surface area contributed by atoms with Crippen molar-refractivity contribution >= 4 is 23.2 Å². The molecule has 1 unspecified atom stereocenters. The van der Waals surface area contributed by atoms with E-state index in [0.29, 0.717) is 27.6 Å². The number of hydrogen-bond donors (Lipinski definition) is 1. The van der Waals surface area contributed by atoms with Crippen molar-refractivity contribution in [1.29, 1.82) is 5.26 Å². The fraction of sp³-hybridized carbons (Fsp3) is 0.133. The molecule has 0 aromatic heterocycles. The topological polar surface area (TPSA) is 44.0 Å². The maximum atomic E-state index is 10.2. The second-order valence-electron chi connectivity index (χ2n) is 4.21. The summed E-state index contributed by atoms with van der Waals surface area (Å²) in [5.41, 5.74) is 2.19. The Kier molecular flexibility index (Phi) is 4.44. The summed E-state index contributed by atoms with van der Waals surface area (Å²) < 4.78 is 0. The van der Waals surface area contributed by atoms with Gasteiger partial charge in [0.2, 0.25) is 0 Å². The zero-order valence-electron chi connectivity index (χ0n) is 9.98. The Bertz CT molecular complexity index is 634. The lowest BCUT2D eigenvalue weighted by Crippen LogP contribution is -2.02. The van der Waals surface area contributed by atoms with E-state index in [-0.39, 0.29) is 0 Å². The summed E-state index contributed by atoms with van der Waals surface area (Å²) in [6, 6.07) is 14.3. The van der Waals surface area contributed by atoms with Gasteiger partial charge in [0, 0.05) is 6.42 Å². The third kappa shape index (κ3) is 3.48. The van der Waals surface area contributed by atoms with Gasteiger partial charge in [-0.1, -0.05) is 41.4 Å². The monoisotopic (exact) mass is 291 g/mol. The van der Waals surface area contributed by atoms with Crippen molar-refractivity contribution in [2.45, 2.75) is 12.5 Å². The first-order valence-corrected chi connectivity index (χ1v) is 6.48. The molecule has 0 amide bonds.